The molecule has 0 radical (unpaired) electrons. The molecule has 1 heterocycles. The van der Waals surface area contributed by atoms with Gasteiger partial charge in [-0.25, -0.2) is 9.37 Å². The third-order valence-electron chi connectivity index (χ3n) is 6.18. The first-order chi connectivity index (χ1) is 17.6. The summed E-state index contributed by atoms with van der Waals surface area (Å²) in [5, 5.41) is 6.33. The van der Waals surface area contributed by atoms with E-state index in [9.17, 15) is 14.0 Å². The molecule has 1 amide bonds. The first-order valence-electron chi connectivity index (χ1n) is 12.6. The number of hydrogen-bond donors (Lipinski definition) is 4. The number of carbonyl (C=O) groups excluding carboxylic acids is 2. The molecule has 0 saturated heterocycles. The molecule has 2 aromatic rings. The van der Waals surface area contributed by atoms with E-state index in [1.54, 1.807) is 18.3 Å². The monoisotopic (exact) mass is 529 g/mol. The Morgan fingerprint density at radius 3 is 2.49 bits per heavy atom. The highest BCUT2D eigenvalue weighted by Gasteiger charge is 2.21. The molecule has 0 saturated carbocycles. The summed E-state index contributed by atoms with van der Waals surface area (Å²) in [5.41, 5.74) is 14.6. The maximum absolute atomic E-state index is 14.5. The minimum Gasteiger partial charge on any atom is -0.400 e. The summed E-state index contributed by atoms with van der Waals surface area (Å²) in [5.74, 6) is -0.508. The van der Waals surface area contributed by atoms with E-state index in [-0.39, 0.29) is 41.2 Å². The second-order valence-electron chi connectivity index (χ2n) is 9.03. The SMILES string of the molecule is CCCC(=O)Nc1cc(NC(/C=C(\N)c2cc(Cl)ccc2F)=C(/N)C(CC)CC(=O)C(C)CC)ccn1. The standard InChI is InChI=1S/C28H37ClFN5O2/c1-5-8-27(37)35-26-15-20(11-12-33-26)34-24(16-23(31)21-14-19(29)9-10-22(21)30)28(32)18(7-3)13-25(36)17(4)6-2/h9-12,14-18H,5-8,13,31-32H2,1-4H3,(H2,33,34,35,37)/b23-16-,28-24+. The summed E-state index contributed by atoms with van der Waals surface area (Å²) >= 11 is 6.06. The molecule has 1 aromatic carbocycles. The lowest BCUT2D eigenvalue weighted by Gasteiger charge is -2.21. The Morgan fingerprint density at radius 2 is 1.84 bits per heavy atom. The van der Waals surface area contributed by atoms with Gasteiger partial charge in [-0.2, -0.15) is 0 Å². The van der Waals surface area contributed by atoms with Gasteiger partial charge in [0.1, 0.15) is 17.4 Å². The molecule has 0 fully saturated rings. The molecule has 7 nitrogen and oxygen atoms in total. The third-order valence-corrected chi connectivity index (χ3v) is 6.41. The number of nitrogens with zero attached hydrogens (tertiary/aromatic N) is 1. The highest BCUT2D eigenvalue weighted by molar-refractivity contribution is 6.30. The van der Waals surface area contributed by atoms with E-state index in [1.165, 1.54) is 24.3 Å². The molecule has 200 valence electrons. The van der Waals surface area contributed by atoms with Crippen molar-refractivity contribution < 1.29 is 14.0 Å². The van der Waals surface area contributed by atoms with Crippen molar-refractivity contribution in [3.63, 3.8) is 0 Å². The molecule has 0 aliphatic carbocycles. The Labute approximate surface area is 223 Å². The van der Waals surface area contributed by atoms with Crippen molar-refractivity contribution in [2.24, 2.45) is 23.3 Å². The average molecular weight is 530 g/mol. The van der Waals surface area contributed by atoms with Crippen LogP contribution in [0, 0.1) is 17.7 Å². The van der Waals surface area contributed by atoms with Gasteiger partial charge < -0.3 is 22.1 Å². The van der Waals surface area contributed by atoms with Crippen molar-refractivity contribution in [2.75, 3.05) is 10.6 Å². The lowest BCUT2D eigenvalue weighted by atomic mass is 9.89. The number of benzene rings is 1. The molecule has 2 rings (SSSR count). The molecule has 9 heteroatoms. The summed E-state index contributed by atoms with van der Waals surface area (Å²) in [7, 11) is 0. The topological polar surface area (TPSA) is 123 Å². The van der Waals surface area contributed by atoms with E-state index in [0.717, 1.165) is 6.42 Å². The normalized spacial score (nSPS) is 13.9. The molecule has 0 aliphatic rings. The van der Waals surface area contributed by atoms with Crippen LogP contribution in [0.25, 0.3) is 5.70 Å². The Hall–Kier alpha value is -3.39. The van der Waals surface area contributed by atoms with Gasteiger partial charge in [0, 0.05) is 64.6 Å². The van der Waals surface area contributed by atoms with Crippen LogP contribution in [0.2, 0.25) is 5.02 Å². The van der Waals surface area contributed by atoms with E-state index < -0.39 is 5.82 Å². The lowest BCUT2D eigenvalue weighted by Crippen LogP contribution is -2.23. The molecular weight excluding hydrogens is 493 g/mol. The van der Waals surface area contributed by atoms with Crippen molar-refractivity contribution in [3.8, 4) is 0 Å². The lowest BCUT2D eigenvalue weighted by molar-refractivity contribution is -0.123. The summed E-state index contributed by atoms with van der Waals surface area (Å²) in [4.78, 5) is 28.9. The molecular formula is C28H37ClFN5O2. The number of rotatable bonds is 13. The van der Waals surface area contributed by atoms with Crippen LogP contribution < -0.4 is 22.1 Å². The number of pyridine rings is 1. The van der Waals surface area contributed by atoms with Crippen molar-refractivity contribution in [1.82, 2.24) is 4.98 Å². The Balaban J connectivity index is 2.52. The van der Waals surface area contributed by atoms with E-state index in [1.807, 2.05) is 27.7 Å². The number of aromatic nitrogens is 1. The van der Waals surface area contributed by atoms with Gasteiger partial charge in [0.25, 0.3) is 0 Å². The molecule has 0 aliphatic heterocycles. The van der Waals surface area contributed by atoms with Crippen LogP contribution in [0.4, 0.5) is 15.9 Å². The van der Waals surface area contributed by atoms with Gasteiger partial charge in [0.2, 0.25) is 5.91 Å². The van der Waals surface area contributed by atoms with E-state index in [4.69, 9.17) is 23.1 Å². The number of amides is 1. The van der Waals surface area contributed by atoms with Crippen LogP contribution in [0.3, 0.4) is 0 Å². The Morgan fingerprint density at radius 1 is 1.11 bits per heavy atom. The zero-order valence-electron chi connectivity index (χ0n) is 21.9. The van der Waals surface area contributed by atoms with E-state index in [0.29, 0.717) is 47.2 Å². The predicted octanol–water partition coefficient (Wildman–Crippen LogP) is 6.23. The first-order valence-corrected chi connectivity index (χ1v) is 12.9. The predicted molar refractivity (Wildman–Crippen MR) is 149 cm³/mol. The van der Waals surface area contributed by atoms with Gasteiger partial charge >= 0.3 is 0 Å². The number of hydrogen-bond acceptors (Lipinski definition) is 6. The summed E-state index contributed by atoms with van der Waals surface area (Å²) in [6, 6.07) is 7.49. The molecule has 6 N–H and O–H groups in total. The zero-order chi connectivity index (χ0) is 27.5. The van der Waals surface area contributed by atoms with Gasteiger partial charge in [-0.15, -0.1) is 0 Å². The maximum atomic E-state index is 14.5. The number of ketones is 1. The average Bonchev–Trinajstić information content (AvgIpc) is 2.87. The van der Waals surface area contributed by atoms with Gasteiger partial charge in [0.05, 0.1) is 5.70 Å². The fraction of sp³-hybridized carbons (Fsp3) is 0.393. The Bertz CT molecular complexity index is 1170. The molecule has 37 heavy (non-hydrogen) atoms. The van der Waals surface area contributed by atoms with Crippen LogP contribution in [0.5, 0.6) is 0 Å². The van der Waals surface area contributed by atoms with Crippen LogP contribution in [-0.4, -0.2) is 16.7 Å². The highest BCUT2D eigenvalue weighted by Crippen LogP contribution is 2.27. The van der Waals surface area contributed by atoms with Crippen molar-refractivity contribution >= 4 is 40.5 Å². The van der Waals surface area contributed by atoms with Crippen LogP contribution in [0.15, 0.2) is 54.0 Å². The molecule has 0 bridgehead atoms. The fourth-order valence-electron chi connectivity index (χ4n) is 3.67. The minimum atomic E-state index is -0.528. The van der Waals surface area contributed by atoms with Crippen molar-refractivity contribution in [1.29, 1.82) is 0 Å². The summed E-state index contributed by atoms with van der Waals surface area (Å²) < 4.78 is 14.5. The molecule has 0 spiro atoms. The molecule has 2 unspecified atom stereocenters. The highest BCUT2D eigenvalue weighted by atomic mass is 35.5. The van der Waals surface area contributed by atoms with Crippen LogP contribution >= 0.6 is 11.6 Å². The number of Topliss-reactive ketones (excluding diaryl/α,β-unsaturated/α-hetero) is 1. The smallest absolute Gasteiger partial charge is 0.225 e. The van der Waals surface area contributed by atoms with E-state index in [2.05, 4.69) is 15.6 Å². The number of halogens is 2. The van der Waals surface area contributed by atoms with Crippen molar-refractivity contribution in [3.05, 3.63) is 70.4 Å². The van der Waals surface area contributed by atoms with Crippen LogP contribution in [0.1, 0.15) is 65.4 Å². The Kier molecular flexibility index (Phi) is 11.6. The maximum Gasteiger partial charge on any atom is 0.225 e. The number of carbonyl (C=O) groups is 2. The van der Waals surface area contributed by atoms with Gasteiger partial charge in [-0.3, -0.25) is 9.59 Å². The fourth-order valence-corrected chi connectivity index (χ4v) is 3.85. The van der Waals surface area contributed by atoms with E-state index >= 15 is 0 Å². The summed E-state index contributed by atoms with van der Waals surface area (Å²) in [6.07, 6.45) is 5.81. The van der Waals surface area contributed by atoms with Crippen LogP contribution in [-0.2, 0) is 9.59 Å². The number of nitrogens with one attached hydrogen (secondary N) is 2. The second kappa shape index (κ2) is 14.4. The molecule has 2 atom stereocenters. The zero-order valence-corrected chi connectivity index (χ0v) is 22.7. The van der Waals surface area contributed by atoms with Gasteiger partial charge in [0.15, 0.2) is 0 Å². The quantitative estimate of drug-likeness (QED) is 0.228. The largest absolute Gasteiger partial charge is 0.400 e. The van der Waals surface area contributed by atoms with Gasteiger partial charge in [-0.05, 0) is 49.6 Å². The number of nitrogens with two attached hydrogens (primary N) is 2. The molecule has 1 aromatic heterocycles. The first kappa shape index (κ1) is 29.8. The minimum absolute atomic E-state index is 0.0751. The van der Waals surface area contributed by atoms with Gasteiger partial charge in [-0.1, -0.05) is 39.3 Å². The number of allylic oxidation sites excluding steroid dienone is 2. The van der Waals surface area contributed by atoms with Crippen molar-refractivity contribution in [2.45, 2.75) is 59.8 Å². The third kappa shape index (κ3) is 8.89. The number of anilines is 2. The second-order valence-corrected chi connectivity index (χ2v) is 9.47. The summed E-state index contributed by atoms with van der Waals surface area (Å²) in [6.45, 7) is 7.75.